The third-order valence-electron chi connectivity index (χ3n) is 9.76. The summed E-state index contributed by atoms with van der Waals surface area (Å²) in [7, 11) is 0. The molecule has 0 spiro atoms. The largest absolute Gasteiger partial charge is 0.351 e. The average molecular weight is 731 g/mol. The fourth-order valence-electron chi connectivity index (χ4n) is 6.60. The van der Waals surface area contributed by atoms with Crippen LogP contribution < -0.4 is 5.73 Å². The van der Waals surface area contributed by atoms with Crippen molar-refractivity contribution in [3.05, 3.63) is 0 Å². The molecular weight excluding hydrogens is 656 g/mol. The van der Waals surface area contributed by atoms with Crippen molar-refractivity contribution in [3.8, 4) is 0 Å². The van der Waals surface area contributed by atoms with Crippen molar-refractivity contribution in [2.45, 2.75) is 193 Å². The average Bonchev–Trinajstić information content (AvgIpc) is 3.14. The summed E-state index contributed by atoms with van der Waals surface area (Å²) >= 11 is 0. The molecule has 0 saturated carbocycles. The molecular formula is C41H74N6O5. The second-order valence-electron chi connectivity index (χ2n) is 14.3. The van der Waals surface area contributed by atoms with Crippen LogP contribution in [0.2, 0.25) is 0 Å². The standard InChI is InChI=1S/C41H74N6O5/c42-40(51)47(36-30-24-18-12-6-3-9-15-21-27-33-45-39-50)41(52)46(34-28-22-16-10-4-1-7-13-19-25-31-43-37-48)35-29-23-17-11-5-2-8-14-20-26-32-44-38-49/h1-36H2,(H2,42,51). The van der Waals surface area contributed by atoms with Gasteiger partial charge in [0.15, 0.2) is 0 Å². The molecule has 0 unspecified atom stereocenters. The SMILES string of the molecule is NC(=O)N(CCCCCCCCCCCCN=C=O)C(=O)N(CCCCCCCCCCCCN=C=O)CCCCCCCCCCCCN=C=O. The Morgan fingerprint density at radius 3 is 0.846 bits per heavy atom. The van der Waals surface area contributed by atoms with Gasteiger partial charge in [-0.05, 0) is 38.5 Å². The van der Waals surface area contributed by atoms with Crippen molar-refractivity contribution in [2.75, 3.05) is 39.3 Å². The normalized spacial score (nSPS) is 10.6. The van der Waals surface area contributed by atoms with Gasteiger partial charge >= 0.3 is 12.1 Å². The molecule has 0 aliphatic carbocycles. The summed E-state index contributed by atoms with van der Waals surface area (Å²) in [5.74, 6) is 0. The van der Waals surface area contributed by atoms with Crippen molar-refractivity contribution in [3.63, 3.8) is 0 Å². The Hall–Kier alpha value is -3.12. The summed E-state index contributed by atoms with van der Waals surface area (Å²) < 4.78 is 0. The van der Waals surface area contributed by atoms with Crippen molar-refractivity contribution >= 4 is 30.3 Å². The quantitative estimate of drug-likeness (QED) is 0.0378. The van der Waals surface area contributed by atoms with Gasteiger partial charge in [0, 0.05) is 19.6 Å². The molecule has 11 heteroatoms. The number of nitrogens with zero attached hydrogens (tertiary/aromatic N) is 5. The van der Waals surface area contributed by atoms with Gasteiger partial charge in [0.25, 0.3) is 0 Å². The van der Waals surface area contributed by atoms with E-state index < -0.39 is 6.03 Å². The summed E-state index contributed by atoms with van der Waals surface area (Å²) in [5.41, 5.74) is 5.75. The Kier molecular flexibility index (Phi) is 38.2. The molecule has 11 nitrogen and oxygen atoms in total. The van der Waals surface area contributed by atoms with E-state index in [0.29, 0.717) is 39.3 Å². The van der Waals surface area contributed by atoms with Gasteiger partial charge < -0.3 is 10.6 Å². The van der Waals surface area contributed by atoms with Crippen LogP contribution in [0, 0.1) is 0 Å². The number of aliphatic imine (C=N–C) groups is 3. The van der Waals surface area contributed by atoms with Crippen LogP contribution in [0.1, 0.15) is 193 Å². The van der Waals surface area contributed by atoms with Crippen LogP contribution in [0.15, 0.2) is 15.0 Å². The Bertz CT molecular complexity index is 950. The van der Waals surface area contributed by atoms with Gasteiger partial charge in [-0.2, -0.15) is 0 Å². The highest BCUT2D eigenvalue weighted by molar-refractivity contribution is 5.92. The maximum Gasteiger partial charge on any atom is 0.328 e. The van der Waals surface area contributed by atoms with Gasteiger partial charge in [-0.15, -0.1) is 0 Å². The number of amides is 4. The first kappa shape index (κ1) is 48.9. The lowest BCUT2D eigenvalue weighted by molar-refractivity contribution is 0.154. The van der Waals surface area contributed by atoms with Gasteiger partial charge in [-0.25, -0.2) is 43.8 Å². The first-order chi connectivity index (χ1) is 25.6. The summed E-state index contributed by atoms with van der Waals surface area (Å²) in [6.45, 7) is 3.47. The van der Waals surface area contributed by atoms with Crippen LogP contribution in [0.25, 0.3) is 0 Å². The topological polar surface area (TPSA) is 155 Å². The van der Waals surface area contributed by atoms with Crippen LogP contribution >= 0.6 is 0 Å². The molecule has 0 fully saturated rings. The van der Waals surface area contributed by atoms with Crippen molar-refractivity contribution < 1.29 is 24.0 Å². The van der Waals surface area contributed by atoms with Gasteiger partial charge in [-0.1, -0.05) is 154 Å². The van der Waals surface area contributed by atoms with Gasteiger partial charge in [0.2, 0.25) is 18.2 Å². The molecule has 0 heterocycles. The van der Waals surface area contributed by atoms with E-state index in [1.165, 1.54) is 94.8 Å². The van der Waals surface area contributed by atoms with E-state index >= 15 is 0 Å². The molecule has 0 saturated heterocycles. The maximum absolute atomic E-state index is 13.6. The number of carbonyl (C=O) groups is 2. The number of nitrogens with two attached hydrogens (primary N) is 1. The minimum Gasteiger partial charge on any atom is -0.351 e. The molecule has 0 aromatic carbocycles. The van der Waals surface area contributed by atoms with E-state index in [0.717, 1.165) is 103 Å². The highest BCUT2D eigenvalue weighted by Crippen LogP contribution is 2.16. The number of carbonyl (C=O) groups excluding carboxylic acids is 5. The second-order valence-corrected chi connectivity index (χ2v) is 14.3. The minimum atomic E-state index is -0.651. The Morgan fingerprint density at radius 2 is 0.596 bits per heavy atom. The Balaban J connectivity index is 4.50. The summed E-state index contributed by atoms with van der Waals surface area (Å²) in [6.07, 6.45) is 38.2. The Labute approximate surface area is 316 Å². The number of rotatable bonds is 39. The second kappa shape index (κ2) is 40.6. The lowest BCUT2D eigenvalue weighted by Gasteiger charge is -2.29. The molecule has 0 radical (unpaired) electrons. The zero-order valence-corrected chi connectivity index (χ0v) is 32.8. The third-order valence-corrected chi connectivity index (χ3v) is 9.76. The van der Waals surface area contributed by atoms with Crippen LogP contribution in [-0.4, -0.2) is 79.4 Å². The summed E-state index contributed by atoms with van der Waals surface area (Å²) in [4.78, 5) is 70.3. The fourth-order valence-corrected chi connectivity index (χ4v) is 6.60. The molecule has 0 aliphatic heterocycles. The fraction of sp³-hybridized carbons (Fsp3) is 0.878. The van der Waals surface area contributed by atoms with Crippen LogP contribution in [0.4, 0.5) is 9.59 Å². The first-order valence-corrected chi connectivity index (χ1v) is 21.0. The zero-order chi connectivity index (χ0) is 38.0. The van der Waals surface area contributed by atoms with Crippen molar-refractivity contribution in [2.24, 2.45) is 20.7 Å². The lowest BCUT2D eigenvalue weighted by atomic mass is 10.1. The number of isocyanates is 3. The molecule has 4 amide bonds. The number of primary amides is 1. The number of unbranched alkanes of at least 4 members (excludes halogenated alkanes) is 27. The number of hydrogen-bond acceptors (Lipinski definition) is 8. The molecule has 2 N–H and O–H groups in total. The van der Waals surface area contributed by atoms with Crippen LogP contribution in [0.5, 0.6) is 0 Å². The predicted molar refractivity (Wildman–Crippen MR) is 211 cm³/mol. The smallest absolute Gasteiger partial charge is 0.328 e. The highest BCUT2D eigenvalue weighted by Gasteiger charge is 2.24. The molecule has 0 atom stereocenters. The van der Waals surface area contributed by atoms with E-state index in [9.17, 15) is 24.0 Å². The monoisotopic (exact) mass is 731 g/mol. The van der Waals surface area contributed by atoms with Crippen molar-refractivity contribution in [1.29, 1.82) is 0 Å². The number of hydrogen-bond donors (Lipinski definition) is 1. The van der Waals surface area contributed by atoms with E-state index in [4.69, 9.17) is 5.73 Å². The van der Waals surface area contributed by atoms with E-state index in [1.54, 1.807) is 18.2 Å². The maximum atomic E-state index is 13.6. The van der Waals surface area contributed by atoms with Crippen LogP contribution in [-0.2, 0) is 14.4 Å². The molecule has 0 bridgehead atoms. The van der Waals surface area contributed by atoms with Gasteiger partial charge in [0.05, 0.1) is 19.6 Å². The molecule has 0 aromatic rings. The first-order valence-electron chi connectivity index (χ1n) is 21.0. The summed E-state index contributed by atoms with van der Waals surface area (Å²) in [5, 5.41) is 0. The van der Waals surface area contributed by atoms with Crippen LogP contribution in [0.3, 0.4) is 0 Å². The number of urea groups is 2. The van der Waals surface area contributed by atoms with E-state index in [-0.39, 0.29) is 6.03 Å². The molecule has 52 heavy (non-hydrogen) atoms. The number of imide groups is 1. The van der Waals surface area contributed by atoms with E-state index in [2.05, 4.69) is 15.0 Å². The lowest BCUT2D eigenvalue weighted by Crippen LogP contribution is -2.49. The van der Waals surface area contributed by atoms with Gasteiger partial charge in [0.1, 0.15) is 0 Å². The molecule has 0 aromatic heterocycles. The zero-order valence-electron chi connectivity index (χ0n) is 32.8. The van der Waals surface area contributed by atoms with E-state index in [1.807, 2.05) is 4.90 Å². The molecule has 0 rings (SSSR count). The predicted octanol–water partition coefficient (Wildman–Crippen LogP) is 10.5. The minimum absolute atomic E-state index is 0.232. The summed E-state index contributed by atoms with van der Waals surface area (Å²) in [6, 6.07) is -0.884. The van der Waals surface area contributed by atoms with Gasteiger partial charge in [-0.3, -0.25) is 0 Å². The highest BCUT2D eigenvalue weighted by atomic mass is 16.2. The molecule has 298 valence electrons. The molecule has 0 aliphatic rings. The Morgan fingerprint density at radius 1 is 0.365 bits per heavy atom. The third kappa shape index (κ3) is 34.0. The van der Waals surface area contributed by atoms with Crippen molar-refractivity contribution in [1.82, 2.24) is 9.80 Å².